The first-order chi connectivity index (χ1) is 11.0. The Morgan fingerprint density at radius 3 is 2.48 bits per heavy atom. The molecule has 0 saturated carbocycles. The number of phenols is 2. The smallest absolute Gasteiger partial charge is 0.199 e. The van der Waals surface area contributed by atoms with Crippen LogP contribution in [0.1, 0.15) is 22.0 Å². The average molecular weight is 316 g/mol. The highest BCUT2D eigenvalue weighted by Gasteiger charge is 2.38. The van der Waals surface area contributed by atoms with E-state index >= 15 is 0 Å². The van der Waals surface area contributed by atoms with Crippen molar-refractivity contribution in [1.82, 2.24) is 0 Å². The Hall–Kier alpha value is -2.73. The van der Waals surface area contributed by atoms with E-state index in [1.807, 2.05) is 0 Å². The lowest BCUT2D eigenvalue weighted by molar-refractivity contribution is -0.000763. The molecule has 0 spiro atoms. The van der Waals surface area contributed by atoms with Crippen LogP contribution in [-0.4, -0.2) is 36.3 Å². The van der Waals surface area contributed by atoms with E-state index in [-0.39, 0.29) is 17.3 Å². The summed E-state index contributed by atoms with van der Waals surface area (Å²) in [5, 5.41) is 19.1. The van der Waals surface area contributed by atoms with E-state index in [1.54, 1.807) is 24.3 Å². The van der Waals surface area contributed by atoms with Gasteiger partial charge in [0.25, 0.3) is 0 Å². The van der Waals surface area contributed by atoms with Crippen LogP contribution in [0, 0.1) is 0 Å². The lowest BCUT2D eigenvalue weighted by Gasteiger charge is -2.32. The number of phenolic OH excluding ortho intramolecular Hbond substituents is 2. The highest BCUT2D eigenvalue weighted by Crippen LogP contribution is 2.40. The summed E-state index contributed by atoms with van der Waals surface area (Å²) in [4.78, 5) is 12.6. The molecular weight excluding hydrogens is 300 g/mol. The van der Waals surface area contributed by atoms with Crippen LogP contribution < -0.4 is 9.47 Å². The Morgan fingerprint density at radius 2 is 1.83 bits per heavy atom. The monoisotopic (exact) mass is 316 g/mol. The second-order valence-electron chi connectivity index (χ2n) is 5.17. The van der Waals surface area contributed by atoms with Crippen LogP contribution in [0.5, 0.6) is 23.0 Å². The van der Waals surface area contributed by atoms with Gasteiger partial charge in [0.15, 0.2) is 29.5 Å². The molecule has 0 aliphatic carbocycles. The van der Waals surface area contributed by atoms with Gasteiger partial charge in [-0.25, -0.2) is 0 Å². The van der Waals surface area contributed by atoms with Crippen molar-refractivity contribution >= 4 is 5.78 Å². The Labute approximate surface area is 132 Å². The number of Topliss-reactive ketones (excluding diaryl/α,β-unsaturated/α-hetero) is 1. The largest absolute Gasteiger partial charge is 0.504 e. The Bertz CT molecular complexity index is 755. The van der Waals surface area contributed by atoms with Crippen molar-refractivity contribution in [2.75, 3.05) is 14.2 Å². The Kier molecular flexibility index (Phi) is 3.83. The quantitative estimate of drug-likeness (QED) is 0.846. The maximum absolute atomic E-state index is 12.6. The summed E-state index contributed by atoms with van der Waals surface area (Å²) in [6, 6.07) is 9.21. The fourth-order valence-corrected chi connectivity index (χ4v) is 2.61. The highest BCUT2D eigenvalue weighted by atomic mass is 16.5. The van der Waals surface area contributed by atoms with E-state index in [9.17, 15) is 15.0 Å². The van der Waals surface area contributed by atoms with Gasteiger partial charge in [-0.1, -0.05) is 6.07 Å². The summed E-state index contributed by atoms with van der Waals surface area (Å²) in [6.07, 6.45) is -1.58. The highest BCUT2D eigenvalue weighted by molar-refractivity contribution is 6.03. The molecule has 23 heavy (non-hydrogen) atoms. The standard InChI is InChI=1S/C17H16O6/c1-21-10-4-5-11-14(8-10)23-16(17(22-2)15(11)20)9-3-6-12(18)13(19)7-9/h3-8,16-19H,1-2H3/t16-,17-/m1/s1. The molecule has 2 N–H and O–H groups in total. The van der Waals surface area contributed by atoms with Gasteiger partial charge >= 0.3 is 0 Å². The molecule has 3 rings (SSSR count). The van der Waals surface area contributed by atoms with Crippen LogP contribution >= 0.6 is 0 Å². The topological polar surface area (TPSA) is 85.2 Å². The van der Waals surface area contributed by atoms with E-state index in [4.69, 9.17) is 14.2 Å². The maximum atomic E-state index is 12.6. The van der Waals surface area contributed by atoms with Crippen LogP contribution in [0.15, 0.2) is 36.4 Å². The first kappa shape index (κ1) is 15.2. The zero-order valence-corrected chi connectivity index (χ0v) is 12.6. The van der Waals surface area contributed by atoms with Crippen molar-refractivity contribution < 1.29 is 29.2 Å². The molecule has 0 unspecified atom stereocenters. The van der Waals surface area contributed by atoms with Gasteiger partial charge in [-0.3, -0.25) is 4.79 Å². The first-order valence-corrected chi connectivity index (χ1v) is 6.98. The number of fused-ring (bicyclic) bond motifs is 1. The predicted molar refractivity (Wildman–Crippen MR) is 81.3 cm³/mol. The Morgan fingerprint density at radius 1 is 1.04 bits per heavy atom. The van der Waals surface area contributed by atoms with Crippen molar-refractivity contribution in [3.8, 4) is 23.0 Å². The summed E-state index contributed by atoms with van der Waals surface area (Å²) in [6.45, 7) is 0. The van der Waals surface area contributed by atoms with Gasteiger partial charge in [-0.15, -0.1) is 0 Å². The third-order valence-electron chi connectivity index (χ3n) is 3.82. The molecule has 1 aliphatic rings. The molecule has 2 atom stereocenters. The number of carbonyl (C=O) groups is 1. The Balaban J connectivity index is 2.06. The first-order valence-electron chi connectivity index (χ1n) is 6.98. The van der Waals surface area contributed by atoms with Crippen molar-refractivity contribution in [1.29, 1.82) is 0 Å². The van der Waals surface area contributed by atoms with E-state index in [2.05, 4.69) is 0 Å². The molecule has 0 saturated heterocycles. The van der Waals surface area contributed by atoms with Crippen molar-refractivity contribution in [2.24, 2.45) is 0 Å². The number of hydrogen-bond acceptors (Lipinski definition) is 6. The number of benzene rings is 2. The van der Waals surface area contributed by atoms with Gasteiger partial charge < -0.3 is 24.4 Å². The SMILES string of the molecule is COc1ccc2c(c1)O[C@H](c1ccc(O)c(O)c1)[C@H](OC)C2=O. The number of methoxy groups -OCH3 is 2. The van der Waals surface area contributed by atoms with Crippen LogP contribution in [0.4, 0.5) is 0 Å². The minimum Gasteiger partial charge on any atom is -0.504 e. The summed E-state index contributed by atoms with van der Waals surface area (Å²) in [7, 11) is 2.95. The van der Waals surface area contributed by atoms with Gasteiger partial charge in [-0.05, 0) is 29.8 Å². The second kappa shape index (κ2) is 5.81. The van der Waals surface area contributed by atoms with Crippen LogP contribution in [0.2, 0.25) is 0 Å². The normalized spacial score (nSPS) is 19.8. The lowest BCUT2D eigenvalue weighted by Crippen LogP contribution is -2.37. The molecule has 0 amide bonds. The van der Waals surface area contributed by atoms with Gasteiger partial charge in [0.05, 0.1) is 12.7 Å². The molecule has 6 heteroatoms. The summed E-state index contributed by atoms with van der Waals surface area (Å²) in [5.74, 6) is 0.214. The molecule has 0 bridgehead atoms. The number of aromatic hydroxyl groups is 2. The third-order valence-corrected chi connectivity index (χ3v) is 3.82. The third kappa shape index (κ3) is 2.57. The van der Waals surface area contributed by atoms with Crippen molar-refractivity contribution in [3.63, 3.8) is 0 Å². The summed E-state index contributed by atoms with van der Waals surface area (Å²) < 4.78 is 16.4. The molecule has 1 heterocycles. The van der Waals surface area contributed by atoms with E-state index in [0.29, 0.717) is 22.6 Å². The zero-order chi connectivity index (χ0) is 16.6. The number of rotatable bonds is 3. The molecule has 0 radical (unpaired) electrons. The van der Waals surface area contributed by atoms with Crippen molar-refractivity contribution in [3.05, 3.63) is 47.5 Å². The van der Waals surface area contributed by atoms with Gasteiger partial charge in [0, 0.05) is 13.2 Å². The second-order valence-corrected chi connectivity index (χ2v) is 5.17. The molecule has 2 aromatic carbocycles. The summed E-state index contributed by atoms with van der Waals surface area (Å²) in [5.41, 5.74) is 0.936. The molecule has 1 aliphatic heterocycles. The van der Waals surface area contributed by atoms with Gasteiger partial charge in [-0.2, -0.15) is 0 Å². The minimum atomic E-state index is -0.847. The number of hydrogen-bond donors (Lipinski definition) is 2. The molecule has 6 nitrogen and oxygen atoms in total. The fourth-order valence-electron chi connectivity index (χ4n) is 2.61. The van der Waals surface area contributed by atoms with Gasteiger partial charge in [0.1, 0.15) is 11.5 Å². The van der Waals surface area contributed by atoms with Crippen LogP contribution in [-0.2, 0) is 4.74 Å². The molecular formula is C17H16O6. The van der Waals surface area contributed by atoms with Crippen LogP contribution in [0.25, 0.3) is 0 Å². The van der Waals surface area contributed by atoms with Crippen LogP contribution in [0.3, 0.4) is 0 Å². The van der Waals surface area contributed by atoms with Gasteiger partial charge in [0.2, 0.25) is 0 Å². The average Bonchev–Trinajstić information content (AvgIpc) is 2.56. The maximum Gasteiger partial charge on any atom is 0.199 e. The lowest BCUT2D eigenvalue weighted by atomic mass is 9.93. The molecule has 0 aromatic heterocycles. The molecule has 120 valence electrons. The van der Waals surface area contributed by atoms with E-state index in [1.165, 1.54) is 26.4 Å². The molecule has 2 aromatic rings. The minimum absolute atomic E-state index is 0.214. The predicted octanol–water partition coefficient (Wildman–Crippen LogP) is 2.44. The zero-order valence-electron chi connectivity index (χ0n) is 12.6. The summed E-state index contributed by atoms with van der Waals surface area (Å²) >= 11 is 0. The molecule has 0 fully saturated rings. The number of ketones is 1. The fraction of sp³-hybridized carbons (Fsp3) is 0.235. The number of carbonyl (C=O) groups excluding carboxylic acids is 1. The number of ether oxygens (including phenoxy) is 3. The van der Waals surface area contributed by atoms with Crippen molar-refractivity contribution in [2.45, 2.75) is 12.2 Å². The van der Waals surface area contributed by atoms with E-state index < -0.39 is 12.2 Å². The van der Waals surface area contributed by atoms with E-state index in [0.717, 1.165) is 0 Å².